The average molecular weight is 411 g/mol. The van der Waals surface area contributed by atoms with Gasteiger partial charge in [-0.2, -0.15) is 4.31 Å². The first kappa shape index (κ1) is 19.9. The number of hydrogen-bond acceptors (Lipinski definition) is 6. The molecule has 1 saturated carbocycles. The number of piperidine rings is 1. The van der Waals surface area contributed by atoms with Crippen LogP contribution in [-0.2, 0) is 14.8 Å². The van der Waals surface area contributed by atoms with Crippen molar-refractivity contribution in [2.45, 2.75) is 36.6 Å². The van der Waals surface area contributed by atoms with Crippen LogP contribution in [0.25, 0.3) is 0 Å². The highest BCUT2D eigenvalue weighted by Crippen LogP contribution is 2.52. The van der Waals surface area contributed by atoms with Crippen molar-refractivity contribution in [3.05, 3.63) is 18.2 Å². The summed E-state index contributed by atoms with van der Waals surface area (Å²) in [7, 11) is -0.593. The number of benzene rings is 1. The minimum atomic E-state index is -3.62. The Morgan fingerprint density at radius 1 is 1.04 bits per heavy atom. The zero-order valence-corrected chi connectivity index (χ0v) is 17.5. The van der Waals surface area contributed by atoms with Crippen LogP contribution in [0.1, 0.15) is 25.7 Å². The summed E-state index contributed by atoms with van der Waals surface area (Å²) in [6.45, 7) is 4.73. The topological polar surface area (TPSA) is 68.3 Å². The smallest absolute Gasteiger partial charge is 0.246 e. The van der Waals surface area contributed by atoms with Crippen LogP contribution in [0.2, 0.25) is 0 Å². The van der Waals surface area contributed by atoms with Crippen molar-refractivity contribution >= 4 is 10.0 Å². The molecule has 1 spiro atoms. The second-order valence-corrected chi connectivity index (χ2v) is 9.89. The molecule has 1 unspecified atom stereocenters. The lowest BCUT2D eigenvalue weighted by atomic mass is 9.59. The molecule has 2 heterocycles. The van der Waals surface area contributed by atoms with E-state index < -0.39 is 10.0 Å². The highest BCUT2D eigenvalue weighted by atomic mass is 32.2. The van der Waals surface area contributed by atoms with E-state index in [1.165, 1.54) is 27.1 Å². The van der Waals surface area contributed by atoms with E-state index >= 15 is 0 Å². The molecule has 7 nitrogen and oxygen atoms in total. The van der Waals surface area contributed by atoms with E-state index in [2.05, 4.69) is 4.90 Å². The Kier molecular flexibility index (Phi) is 5.57. The minimum Gasteiger partial charge on any atom is -0.497 e. The summed E-state index contributed by atoms with van der Waals surface area (Å²) >= 11 is 0. The summed E-state index contributed by atoms with van der Waals surface area (Å²) in [4.78, 5) is 2.74. The maximum Gasteiger partial charge on any atom is 0.246 e. The Balaban J connectivity index is 1.49. The summed E-state index contributed by atoms with van der Waals surface area (Å²) in [5.41, 5.74) is 0.266. The third-order valence-corrected chi connectivity index (χ3v) is 8.74. The second kappa shape index (κ2) is 7.82. The predicted molar refractivity (Wildman–Crippen MR) is 105 cm³/mol. The zero-order valence-electron chi connectivity index (χ0n) is 16.7. The Morgan fingerprint density at radius 3 is 2.32 bits per heavy atom. The van der Waals surface area contributed by atoms with Crippen LogP contribution in [0.15, 0.2) is 23.1 Å². The van der Waals surface area contributed by atoms with Crippen molar-refractivity contribution in [3.8, 4) is 11.5 Å². The van der Waals surface area contributed by atoms with Gasteiger partial charge >= 0.3 is 0 Å². The SMILES string of the molecule is COc1ccc(OC)c(S(=O)(=O)N2CCC3(CCC3N3CCOCC3)CC2)c1. The number of nitrogens with zero attached hydrogens (tertiary/aromatic N) is 2. The van der Waals surface area contributed by atoms with Crippen LogP contribution < -0.4 is 9.47 Å². The zero-order chi connectivity index (χ0) is 19.8. The minimum absolute atomic E-state index is 0.184. The van der Waals surface area contributed by atoms with Crippen molar-refractivity contribution < 1.29 is 22.6 Å². The highest BCUT2D eigenvalue weighted by molar-refractivity contribution is 7.89. The van der Waals surface area contributed by atoms with Crippen molar-refractivity contribution in [1.82, 2.24) is 9.21 Å². The van der Waals surface area contributed by atoms with Gasteiger partial charge in [-0.25, -0.2) is 8.42 Å². The van der Waals surface area contributed by atoms with Gasteiger partial charge < -0.3 is 14.2 Å². The first-order chi connectivity index (χ1) is 13.5. The summed E-state index contributed by atoms with van der Waals surface area (Å²) < 4.78 is 44.2. The van der Waals surface area contributed by atoms with Gasteiger partial charge in [0, 0.05) is 38.3 Å². The van der Waals surface area contributed by atoms with E-state index in [0.717, 1.165) is 39.1 Å². The lowest BCUT2D eigenvalue weighted by Gasteiger charge is -2.58. The summed E-state index contributed by atoms with van der Waals surface area (Å²) in [6.07, 6.45) is 4.25. The Labute approximate surface area is 167 Å². The quantitative estimate of drug-likeness (QED) is 0.739. The molecule has 0 aromatic heterocycles. The fourth-order valence-electron chi connectivity index (χ4n) is 5.02. The maximum atomic E-state index is 13.3. The van der Waals surface area contributed by atoms with Gasteiger partial charge in [0.05, 0.1) is 27.4 Å². The Morgan fingerprint density at radius 2 is 1.75 bits per heavy atom. The standard InChI is InChI=1S/C20H30N2O5S/c1-25-16-3-4-17(26-2)18(15-16)28(23,24)22-9-7-20(8-10-22)6-5-19(20)21-11-13-27-14-12-21/h3-4,15,19H,5-14H2,1-2H3. The van der Waals surface area contributed by atoms with E-state index in [0.29, 0.717) is 30.6 Å². The van der Waals surface area contributed by atoms with E-state index in [4.69, 9.17) is 14.2 Å². The van der Waals surface area contributed by atoms with Crippen molar-refractivity contribution in [2.75, 3.05) is 53.6 Å². The molecule has 0 radical (unpaired) electrons. The molecule has 2 aliphatic heterocycles. The van der Waals surface area contributed by atoms with Crippen LogP contribution >= 0.6 is 0 Å². The van der Waals surface area contributed by atoms with Gasteiger partial charge in [-0.15, -0.1) is 0 Å². The Hall–Kier alpha value is -1.35. The van der Waals surface area contributed by atoms with Crippen molar-refractivity contribution in [3.63, 3.8) is 0 Å². The number of sulfonamides is 1. The lowest BCUT2D eigenvalue weighted by Crippen LogP contribution is -2.61. The van der Waals surface area contributed by atoms with Gasteiger partial charge in [0.15, 0.2) is 0 Å². The third-order valence-electron chi connectivity index (χ3n) is 6.82. The number of rotatable bonds is 5. The highest BCUT2D eigenvalue weighted by Gasteiger charge is 2.51. The first-order valence-corrected chi connectivity index (χ1v) is 11.5. The van der Waals surface area contributed by atoms with Gasteiger partial charge in [0.1, 0.15) is 16.4 Å². The number of ether oxygens (including phenoxy) is 3. The molecule has 156 valence electrons. The third kappa shape index (κ3) is 3.40. The molecule has 3 fully saturated rings. The monoisotopic (exact) mass is 410 g/mol. The molecule has 1 aromatic rings. The van der Waals surface area contributed by atoms with Gasteiger partial charge in [0.25, 0.3) is 0 Å². The summed E-state index contributed by atoms with van der Waals surface area (Å²) in [5, 5.41) is 0. The molecule has 0 amide bonds. The van der Waals surface area contributed by atoms with Crippen molar-refractivity contribution in [2.24, 2.45) is 5.41 Å². The molecule has 0 bridgehead atoms. The van der Waals surface area contributed by atoms with Crippen LogP contribution in [0.4, 0.5) is 0 Å². The fourth-order valence-corrected chi connectivity index (χ4v) is 6.63. The molecule has 2 saturated heterocycles. The molecular weight excluding hydrogens is 380 g/mol. The lowest BCUT2D eigenvalue weighted by molar-refractivity contribution is -0.0906. The number of morpholine rings is 1. The molecule has 4 rings (SSSR count). The molecule has 1 aromatic carbocycles. The first-order valence-electron chi connectivity index (χ1n) is 10.0. The van der Waals surface area contributed by atoms with Gasteiger partial charge in [-0.3, -0.25) is 4.90 Å². The molecular formula is C20H30N2O5S. The molecule has 28 heavy (non-hydrogen) atoms. The molecule has 1 atom stereocenters. The van der Waals surface area contributed by atoms with E-state index in [-0.39, 0.29) is 10.3 Å². The second-order valence-electron chi connectivity index (χ2n) is 7.99. The van der Waals surface area contributed by atoms with Gasteiger partial charge in [0.2, 0.25) is 10.0 Å². The molecule has 3 aliphatic rings. The molecule has 1 aliphatic carbocycles. The van der Waals surface area contributed by atoms with Crippen molar-refractivity contribution in [1.29, 1.82) is 0 Å². The largest absolute Gasteiger partial charge is 0.497 e. The van der Waals surface area contributed by atoms with Crippen LogP contribution in [0.3, 0.4) is 0 Å². The van der Waals surface area contributed by atoms with E-state index in [1.54, 1.807) is 22.5 Å². The normalized spacial score (nSPS) is 26.0. The van der Waals surface area contributed by atoms with Gasteiger partial charge in [-0.05, 0) is 43.2 Å². The molecule has 0 N–H and O–H groups in total. The summed E-state index contributed by atoms with van der Waals surface area (Å²) in [5.74, 6) is 0.871. The number of hydrogen-bond donors (Lipinski definition) is 0. The average Bonchev–Trinajstić information content (AvgIpc) is 2.73. The predicted octanol–water partition coefficient (Wildman–Crippen LogP) is 1.97. The van der Waals surface area contributed by atoms with E-state index in [1.807, 2.05) is 0 Å². The molecule has 8 heteroatoms. The summed E-state index contributed by atoms with van der Waals surface area (Å²) in [6, 6.07) is 5.49. The van der Waals surface area contributed by atoms with Crippen LogP contribution in [0, 0.1) is 5.41 Å². The van der Waals surface area contributed by atoms with Crippen LogP contribution in [0.5, 0.6) is 11.5 Å². The van der Waals surface area contributed by atoms with E-state index in [9.17, 15) is 8.42 Å². The number of methoxy groups -OCH3 is 2. The van der Waals surface area contributed by atoms with Gasteiger partial charge in [-0.1, -0.05) is 0 Å². The maximum absolute atomic E-state index is 13.3. The fraction of sp³-hybridized carbons (Fsp3) is 0.700. The Bertz CT molecular complexity index is 799. The van der Waals surface area contributed by atoms with Crippen LogP contribution in [-0.4, -0.2) is 77.3 Å².